The number of hydrogen-bond donors (Lipinski definition) is 0. The maximum absolute atomic E-state index is 13.8. The van der Waals surface area contributed by atoms with E-state index in [1.54, 1.807) is 0 Å². The minimum Gasteiger partial charge on any atom is -0.861 e. The van der Waals surface area contributed by atoms with E-state index in [1.807, 2.05) is 0 Å². The highest BCUT2D eigenvalue weighted by atomic mass is 32.2. The summed E-state index contributed by atoms with van der Waals surface area (Å²) in [4.78, 5) is -0.748. The monoisotopic (exact) mass is 354 g/mol. The molecule has 4 bridgehead atoms. The molecule has 5 rings (SSSR count). The van der Waals surface area contributed by atoms with Crippen molar-refractivity contribution in [2.45, 2.75) is 43.4 Å². The molecule has 0 N–H and O–H groups in total. The predicted molar refractivity (Wildman–Crippen MR) is 81.6 cm³/mol. The third-order valence-electron chi connectivity index (χ3n) is 5.87. The normalized spacial score (nSPS) is 35.4. The molecule has 130 valence electrons. The molecule has 0 aliphatic heterocycles. The van der Waals surface area contributed by atoms with E-state index in [-0.39, 0.29) is 0 Å². The molecule has 0 spiro atoms. The molecule has 0 heterocycles. The molecule has 4 nitrogen and oxygen atoms in total. The van der Waals surface area contributed by atoms with E-state index in [4.69, 9.17) is 0 Å². The van der Waals surface area contributed by atoms with Crippen molar-refractivity contribution in [3.63, 3.8) is 0 Å². The van der Waals surface area contributed by atoms with Gasteiger partial charge in [-0.1, -0.05) is 0 Å². The minimum absolute atomic E-state index is 0.473. The fourth-order valence-electron chi connectivity index (χ4n) is 5.31. The lowest BCUT2D eigenvalue weighted by Gasteiger charge is -2.58. The van der Waals surface area contributed by atoms with E-state index in [0.29, 0.717) is 43.1 Å². The fourth-order valence-corrected chi connectivity index (χ4v) is 6.37. The summed E-state index contributed by atoms with van der Waals surface area (Å²) in [6.45, 7) is 0. The molecule has 1 aromatic rings. The first kappa shape index (κ1) is 16.0. The van der Waals surface area contributed by atoms with Gasteiger partial charge in [-0.05, 0) is 74.3 Å². The van der Waals surface area contributed by atoms with E-state index in [2.05, 4.69) is 4.40 Å². The van der Waals surface area contributed by atoms with Gasteiger partial charge < -0.3 is 5.11 Å². The summed E-state index contributed by atoms with van der Waals surface area (Å²) in [5, 5.41) is 12.7. The molecule has 4 saturated carbocycles. The third-order valence-corrected chi connectivity index (χ3v) is 7.16. The molecule has 0 radical (unpaired) electrons. The number of sulfonamides is 1. The largest absolute Gasteiger partial charge is 0.861 e. The van der Waals surface area contributed by atoms with E-state index < -0.39 is 37.9 Å². The summed E-state index contributed by atoms with van der Waals surface area (Å²) >= 11 is 0. The summed E-state index contributed by atoms with van der Waals surface area (Å²) in [7, 11) is -4.47. The summed E-state index contributed by atoms with van der Waals surface area (Å²) in [5.74, 6) is -1.33. The number of hydrogen-bond acceptors (Lipinski definition) is 3. The molecule has 1 aromatic carbocycles. The van der Waals surface area contributed by atoms with Crippen LogP contribution in [0.15, 0.2) is 27.5 Å². The zero-order chi connectivity index (χ0) is 17.1. The second kappa shape index (κ2) is 5.25. The van der Waals surface area contributed by atoms with Crippen molar-refractivity contribution >= 4 is 15.9 Å². The Labute approximate surface area is 139 Å². The van der Waals surface area contributed by atoms with Crippen molar-refractivity contribution in [3.05, 3.63) is 29.8 Å². The van der Waals surface area contributed by atoms with Crippen molar-refractivity contribution in [1.29, 1.82) is 0 Å². The van der Waals surface area contributed by atoms with E-state index in [9.17, 15) is 22.3 Å². The van der Waals surface area contributed by atoms with Crippen LogP contribution in [0.3, 0.4) is 0 Å². The van der Waals surface area contributed by atoms with E-state index in [0.717, 1.165) is 31.4 Å². The quantitative estimate of drug-likeness (QED) is 0.619. The molecular formula is C17H18F2NO3S-. The van der Waals surface area contributed by atoms with Crippen LogP contribution in [-0.2, 0) is 10.0 Å². The molecule has 4 aliphatic carbocycles. The first-order chi connectivity index (χ1) is 11.3. The van der Waals surface area contributed by atoms with Gasteiger partial charge in [-0.2, -0.15) is 12.8 Å². The Morgan fingerprint density at radius 3 is 2.12 bits per heavy atom. The molecule has 4 aliphatic rings. The van der Waals surface area contributed by atoms with Crippen LogP contribution in [-0.4, -0.2) is 14.3 Å². The van der Waals surface area contributed by atoms with Crippen LogP contribution in [0.4, 0.5) is 8.78 Å². The maximum atomic E-state index is 13.8. The van der Waals surface area contributed by atoms with Crippen molar-refractivity contribution in [1.82, 2.24) is 0 Å². The van der Waals surface area contributed by atoms with Gasteiger partial charge in [-0.25, -0.2) is 8.78 Å². The molecule has 0 atom stereocenters. The second-order valence-corrected chi connectivity index (χ2v) is 9.22. The molecule has 4 fully saturated rings. The molecule has 0 saturated heterocycles. The van der Waals surface area contributed by atoms with Crippen LogP contribution >= 0.6 is 0 Å². The molecule has 7 heteroatoms. The fraction of sp³-hybridized carbons (Fsp3) is 0.588. The Balaban J connectivity index is 1.69. The second-order valence-electron chi connectivity index (χ2n) is 7.64. The summed E-state index contributed by atoms with van der Waals surface area (Å²) in [5.41, 5.74) is -0.696. The number of halogens is 2. The van der Waals surface area contributed by atoms with Crippen LogP contribution in [0.2, 0.25) is 0 Å². The Hall–Kier alpha value is -1.50. The molecule has 24 heavy (non-hydrogen) atoms. The Morgan fingerprint density at radius 2 is 1.62 bits per heavy atom. The number of nitrogens with zero attached hydrogens (tertiary/aromatic N) is 1. The highest BCUT2D eigenvalue weighted by molar-refractivity contribution is 7.90. The van der Waals surface area contributed by atoms with Gasteiger partial charge >= 0.3 is 0 Å². The maximum Gasteiger partial charge on any atom is 0.284 e. The van der Waals surface area contributed by atoms with Gasteiger partial charge in [0.1, 0.15) is 16.5 Å². The van der Waals surface area contributed by atoms with E-state index >= 15 is 0 Å². The lowest BCUT2D eigenvalue weighted by molar-refractivity contribution is -0.241. The first-order valence-corrected chi connectivity index (χ1v) is 9.69. The minimum atomic E-state index is -4.47. The topological polar surface area (TPSA) is 69.6 Å². The first-order valence-electron chi connectivity index (χ1n) is 8.25. The molecule has 0 aromatic heterocycles. The molecule has 0 unspecified atom stereocenters. The molecular weight excluding hydrogens is 336 g/mol. The van der Waals surface area contributed by atoms with E-state index in [1.165, 1.54) is 0 Å². The van der Waals surface area contributed by atoms with Crippen LogP contribution in [0.1, 0.15) is 38.5 Å². The van der Waals surface area contributed by atoms with Crippen molar-refractivity contribution < 1.29 is 22.3 Å². The van der Waals surface area contributed by atoms with Gasteiger partial charge in [0.05, 0.1) is 0 Å². The highest BCUT2D eigenvalue weighted by Crippen LogP contribution is 2.60. The van der Waals surface area contributed by atoms with Gasteiger partial charge in [0.15, 0.2) is 0 Å². The van der Waals surface area contributed by atoms with Crippen LogP contribution in [0.5, 0.6) is 0 Å². The van der Waals surface area contributed by atoms with Crippen LogP contribution in [0, 0.1) is 34.8 Å². The van der Waals surface area contributed by atoms with Crippen molar-refractivity contribution in [2.75, 3.05) is 0 Å². The molecule has 0 amide bonds. The Bertz CT molecular complexity index is 784. The summed E-state index contributed by atoms with van der Waals surface area (Å²) in [6, 6.07) is 2.15. The van der Waals surface area contributed by atoms with Gasteiger partial charge in [-0.15, -0.1) is 0 Å². The van der Waals surface area contributed by atoms with Gasteiger partial charge in [0, 0.05) is 11.5 Å². The summed E-state index contributed by atoms with van der Waals surface area (Å²) in [6.07, 6.45) is 5.40. The third kappa shape index (κ3) is 2.53. The zero-order valence-corrected chi connectivity index (χ0v) is 13.9. The van der Waals surface area contributed by atoms with Gasteiger partial charge in [0.2, 0.25) is 0 Å². The average Bonchev–Trinajstić information content (AvgIpc) is 2.44. The smallest absolute Gasteiger partial charge is 0.284 e. The highest BCUT2D eigenvalue weighted by Gasteiger charge is 2.51. The van der Waals surface area contributed by atoms with Crippen molar-refractivity contribution in [2.24, 2.45) is 27.6 Å². The number of benzene rings is 1. The SMILES string of the molecule is O=S(=O)(/N=C(\[O-])C12CC3CC(CC(C3)C1)C2)c1ccc(F)cc1F. The van der Waals surface area contributed by atoms with Gasteiger partial charge in [-0.3, -0.25) is 0 Å². The standard InChI is InChI=1S/C17H19F2NO3S/c18-13-1-2-15(14(19)6-13)24(22,23)20-16(21)17-7-10-3-11(8-17)5-12(4-10)9-17/h1-2,6,10-12H,3-5,7-9H2,(H,20,21)/p-1. The lowest BCUT2D eigenvalue weighted by Crippen LogP contribution is -2.53. The average molecular weight is 354 g/mol. The van der Waals surface area contributed by atoms with Gasteiger partial charge in [0.25, 0.3) is 10.0 Å². The number of rotatable bonds is 3. The zero-order valence-electron chi connectivity index (χ0n) is 13.0. The van der Waals surface area contributed by atoms with Crippen LogP contribution in [0.25, 0.3) is 0 Å². The predicted octanol–water partition coefficient (Wildman–Crippen LogP) is 2.63. The summed E-state index contributed by atoms with van der Waals surface area (Å²) < 4.78 is 54.8. The Kier molecular flexibility index (Phi) is 3.50. The lowest BCUT2D eigenvalue weighted by atomic mass is 9.49. The Morgan fingerprint density at radius 1 is 1.08 bits per heavy atom. The van der Waals surface area contributed by atoms with Crippen molar-refractivity contribution in [3.8, 4) is 0 Å². The van der Waals surface area contributed by atoms with Crippen LogP contribution < -0.4 is 5.11 Å².